The van der Waals surface area contributed by atoms with Gasteiger partial charge in [-0.25, -0.2) is 4.79 Å². The van der Waals surface area contributed by atoms with E-state index in [0.717, 1.165) is 18.5 Å². The van der Waals surface area contributed by atoms with Crippen molar-refractivity contribution >= 4 is 36.3 Å². The number of nitrogens with one attached hydrogen (secondary N) is 4. The predicted molar refractivity (Wildman–Crippen MR) is 123 cm³/mol. The topological polar surface area (TPSA) is 137 Å². The molecular formula is C22H32N4O5S. The average Bonchev–Trinajstić information content (AvgIpc) is 3.30. The Morgan fingerprint density at radius 3 is 2.25 bits per heavy atom. The van der Waals surface area contributed by atoms with Crippen molar-refractivity contribution < 1.29 is 24.3 Å². The third-order valence-electron chi connectivity index (χ3n) is 5.34. The van der Waals surface area contributed by atoms with Crippen molar-refractivity contribution in [3.05, 3.63) is 35.9 Å². The summed E-state index contributed by atoms with van der Waals surface area (Å²) >= 11 is 3.97. The molecule has 0 bridgehead atoms. The van der Waals surface area contributed by atoms with Gasteiger partial charge in [0.05, 0.1) is 6.04 Å². The van der Waals surface area contributed by atoms with Crippen LogP contribution in [0.25, 0.3) is 0 Å². The molecule has 0 saturated carbocycles. The highest BCUT2D eigenvalue weighted by Crippen LogP contribution is 2.10. The summed E-state index contributed by atoms with van der Waals surface area (Å²) in [7, 11) is 0. The first-order chi connectivity index (χ1) is 15.2. The van der Waals surface area contributed by atoms with Crippen molar-refractivity contribution in [3.8, 4) is 0 Å². The Labute approximate surface area is 193 Å². The first-order valence-electron chi connectivity index (χ1n) is 10.7. The van der Waals surface area contributed by atoms with Crippen LogP contribution in [-0.2, 0) is 25.6 Å². The number of carbonyl (C=O) groups is 4. The van der Waals surface area contributed by atoms with Gasteiger partial charge in [-0.15, -0.1) is 0 Å². The highest BCUT2D eigenvalue weighted by Gasteiger charge is 2.32. The molecule has 4 unspecified atom stereocenters. The molecule has 9 nitrogen and oxygen atoms in total. The molecule has 0 aliphatic carbocycles. The normalized spacial score (nSPS) is 18.4. The Kier molecular flexibility index (Phi) is 9.98. The molecule has 1 heterocycles. The molecule has 2 rings (SSSR count). The third kappa shape index (κ3) is 7.52. The van der Waals surface area contributed by atoms with E-state index >= 15 is 0 Å². The van der Waals surface area contributed by atoms with Crippen molar-refractivity contribution in [2.45, 2.75) is 57.3 Å². The van der Waals surface area contributed by atoms with Crippen LogP contribution in [0.4, 0.5) is 0 Å². The lowest BCUT2D eigenvalue weighted by Gasteiger charge is -2.27. The molecule has 1 fully saturated rings. The molecular weight excluding hydrogens is 432 g/mol. The summed E-state index contributed by atoms with van der Waals surface area (Å²) in [5, 5.41) is 20.2. The van der Waals surface area contributed by atoms with E-state index in [2.05, 4.69) is 33.9 Å². The first kappa shape index (κ1) is 25.7. The van der Waals surface area contributed by atoms with E-state index in [1.54, 1.807) is 13.8 Å². The molecule has 1 aliphatic heterocycles. The second-order valence-corrected chi connectivity index (χ2v) is 8.58. The molecule has 1 aliphatic rings. The molecule has 0 spiro atoms. The van der Waals surface area contributed by atoms with Crippen molar-refractivity contribution in [1.82, 2.24) is 21.3 Å². The van der Waals surface area contributed by atoms with E-state index < -0.39 is 35.9 Å². The third-order valence-corrected chi connectivity index (χ3v) is 5.70. The van der Waals surface area contributed by atoms with Gasteiger partial charge in [0.2, 0.25) is 17.7 Å². The number of rotatable bonds is 11. The second kappa shape index (κ2) is 12.4. The molecule has 32 heavy (non-hydrogen) atoms. The zero-order chi connectivity index (χ0) is 23.7. The maximum absolute atomic E-state index is 13.1. The van der Waals surface area contributed by atoms with Crippen LogP contribution in [0.3, 0.4) is 0 Å². The van der Waals surface area contributed by atoms with Gasteiger partial charge in [0.25, 0.3) is 0 Å². The van der Waals surface area contributed by atoms with Crippen LogP contribution >= 0.6 is 12.6 Å². The van der Waals surface area contributed by atoms with Crippen molar-refractivity contribution in [3.63, 3.8) is 0 Å². The van der Waals surface area contributed by atoms with E-state index in [0.29, 0.717) is 6.42 Å². The quantitative estimate of drug-likeness (QED) is 0.257. The van der Waals surface area contributed by atoms with Gasteiger partial charge in [-0.3, -0.25) is 14.4 Å². The lowest BCUT2D eigenvalue weighted by Crippen LogP contribution is -2.59. The zero-order valence-corrected chi connectivity index (χ0v) is 19.2. The number of benzene rings is 1. The Morgan fingerprint density at radius 1 is 1.06 bits per heavy atom. The molecule has 176 valence electrons. The number of thiol groups is 1. The van der Waals surface area contributed by atoms with Gasteiger partial charge in [0, 0.05) is 12.2 Å². The van der Waals surface area contributed by atoms with Crippen LogP contribution in [0.5, 0.6) is 0 Å². The van der Waals surface area contributed by atoms with E-state index in [1.165, 1.54) is 0 Å². The minimum Gasteiger partial charge on any atom is -0.480 e. The number of carbonyl (C=O) groups excluding carboxylic acids is 3. The van der Waals surface area contributed by atoms with Crippen LogP contribution in [0.1, 0.15) is 32.3 Å². The van der Waals surface area contributed by atoms with Crippen LogP contribution in [0, 0.1) is 5.92 Å². The van der Waals surface area contributed by atoms with E-state index in [9.17, 15) is 24.3 Å². The average molecular weight is 465 g/mol. The van der Waals surface area contributed by atoms with Crippen LogP contribution < -0.4 is 21.3 Å². The SMILES string of the molecule is CC(C)C(NC(=O)C1CCCN1)C(=O)NC(Cc1ccccc1)C(=O)NC(CS)C(=O)O. The Bertz CT molecular complexity index is 799. The molecule has 1 aromatic carbocycles. The Hall–Kier alpha value is -2.59. The van der Waals surface area contributed by atoms with Gasteiger partial charge < -0.3 is 26.4 Å². The highest BCUT2D eigenvalue weighted by molar-refractivity contribution is 7.80. The number of hydrogen-bond donors (Lipinski definition) is 6. The van der Waals surface area contributed by atoms with Gasteiger partial charge in [-0.2, -0.15) is 12.6 Å². The van der Waals surface area contributed by atoms with Crippen LogP contribution in [-0.4, -0.2) is 65.3 Å². The smallest absolute Gasteiger partial charge is 0.327 e. The van der Waals surface area contributed by atoms with Crippen LogP contribution in [0.2, 0.25) is 0 Å². The van der Waals surface area contributed by atoms with E-state index in [1.807, 2.05) is 30.3 Å². The fraction of sp³-hybridized carbons (Fsp3) is 0.545. The molecule has 5 N–H and O–H groups in total. The molecule has 0 radical (unpaired) electrons. The summed E-state index contributed by atoms with van der Waals surface area (Å²) < 4.78 is 0. The van der Waals surface area contributed by atoms with Gasteiger partial charge >= 0.3 is 5.97 Å². The van der Waals surface area contributed by atoms with Gasteiger partial charge in [0.15, 0.2) is 0 Å². The van der Waals surface area contributed by atoms with E-state index in [-0.39, 0.29) is 30.0 Å². The van der Waals surface area contributed by atoms with Gasteiger partial charge in [0.1, 0.15) is 18.1 Å². The van der Waals surface area contributed by atoms with Crippen molar-refractivity contribution in [2.75, 3.05) is 12.3 Å². The summed E-state index contributed by atoms with van der Waals surface area (Å²) in [5.41, 5.74) is 0.797. The maximum atomic E-state index is 13.1. The summed E-state index contributed by atoms with van der Waals surface area (Å²) in [6.07, 6.45) is 1.77. The largest absolute Gasteiger partial charge is 0.480 e. The van der Waals surface area contributed by atoms with Crippen molar-refractivity contribution in [1.29, 1.82) is 0 Å². The van der Waals surface area contributed by atoms with E-state index in [4.69, 9.17) is 0 Å². The Balaban J connectivity index is 2.15. The summed E-state index contributed by atoms with van der Waals surface area (Å²) in [5.74, 6) is -2.90. The lowest BCUT2D eigenvalue weighted by atomic mass is 10.00. The minimum atomic E-state index is -1.21. The zero-order valence-electron chi connectivity index (χ0n) is 18.3. The number of carboxylic acid groups (broad SMARTS) is 1. The summed E-state index contributed by atoms with van der Waals surface area (Å²) in [4.78, 5) is 49.8. The lowest BCUT2D eigenvalue weighted by molar-refractivity contribution is -0.141. The van der Waals surface area contributed by atoms with Gasteiger partial charge in [-0.05, 0) is 30.9 Å². The van der Waals surface area contributed by atoms with Crippen molar-refractivity contribution in [2.24, 2.45) is 5.92 Å². The molecule has 1 saturated heterocycles. The molecule has 0 aromatic heterocycles. The predicted octanol–water partition coefficient (Wildman–Crippen LogP) is 0.106. The molecule has 3 amide bonds. The summed E-state index contributed by atoms with van der Waals surface area (Å²) in [6, 6.07) is 5.71. The fourth-order valence-electron chi connectivity index (χ4n) is 3.48. The number of hydrogen-bond acceptors (Lipinski definition) is 6. The highest BCUT2D eigenvalue weighted by atomic mass is 32.1. The van der Waals surface area contributed by atoms with Gasteiger partial charge in [-0.1, -0.05) is 44.2 Å². The fourth-order valence-corrected chi connectivity index (χ4v) is 3.72. The number of amides is 3. The monoisotopic (exact) mass is 464 g/mol. The number of carboxylic acids is 1. The molecule has 1 aromatic rings. The second-order valence-electron chi connectivity index (χ2n) is 8.21. The maximum Gasteiger partial charge on any atom is 0.327 e. The summed E-state index contributed by atoms with van der Waals surface area (Å²) in [6.45, 7) is 4.37. The molecule has 10 heteroatoms. The standard InChI is InChI=1S/C22H32N4O5S/c1-13(2)18(26-19(27)15-9-6-10-23-15)21(29)24-16(11-14-7-4-3-5-8-14)20(28)25-17(12-32)22(30)31/h3-5,7-8,13,15-18,23,32H,6,9-12H2,1-2H3,(H,24,29)(H,25,28)(H,26,27)(H,30,31). The molecule has 4 atom stereocenters. The first-order valence-corrected chi connectivity index (χ1v) is 11.4. The Morgan fingerprint density at radius 2 is 1.72 bits per heavy atom. The van der Waals surface area contributed by atoms with Crippen LogP contribution in [0.15, 0.2) is 30.3 Å². The number of aliphatic carboxylic acids is 1. The minimum absolute atomic E-state index is 0.0911.